The van der Waals surface area contributed by atoms with Gasteiger partial charge >= 0.3 is 0 Å². The Balaban J connectivity index is 1.54. The van der Waals surface area contributed by atoms with Gasteiger partial charge in [-0.3, -0.25) is 4.31 Å². The number of fused-ring (bicyclic) bond motifs is 1. The van der Waals surface area contributed by atoms with E-state index in [4.69, 9.17) is 10.1 Å². The average Bonchev–Trinajstić information content (AvgIpc) is 3.21. The Morgan fingerprint density at radius 1 is 1.12 bits per heavy atom. The van der Waals surface area contributed by atoms with Crippen LogP contribution in [-0.4, -0.2) is 44.5 Å². The highest BCUT2D eigenvalue weighted by Crippen LogP contribution is 2.33. The molecule has 0 unspecified atom stereocenters. The monoisotopic (exact) mass is 376 g/mol. The lowest BCUT2D eigenvalue weighted by Gasteiger charge is -2.28. The van der Waals surface area contributed by atoms with Crippen molar-refractivity contribution in [2.24, 2.45) is 0 Å². The number of nitrogens with zero attached hydrogens (tertiary/aromatic N) is 4. The summed E-state index contributed by atoms with van der Waals surface area (Å²) in [5, 5.41) is 6.05. The fraction of sp³-hybridized carbons (Fsp3) is 0.412. The molecule has 0 saturated carbocycles. The minimum absolute atomic E-state index is 0.587. The van der Waals surface area contributed by atoms with Crippen molar-refractivity contribution >= 4 is 40.0 Å². The fourth-order valence-electron chi connectivity index (χ4n) is 3.07. The second kappa shape index (κ2) is 7.07. The zero-order valence-corrected chi connectivity index (χ0v) is 16.3. The Morgan fingerprint density at radius 2 is 1.88 bits per heavy atom. The molecule has 3 heterocycles. The Hall–Kier alpha value is -1.02. The summed E-state index contributed by atoms with van der Waals surface area (Å²) in [6, 6.07) is 8.56. The second-order valence-corrected chi connectivity index (χ2v) is 8.66. The van der Waals surface area contributed by atoms with Crippen LogP contribution in [0.3, 0.4) is 0 Å². The molecule has 2 aromatic heterocycles. The van der Waals surface area contributed by atoms with Crippen LogP contribution in [0.1, 0.15) is 23.8 Å². The van der Waals surface area contributed by atoms with Crippen molar-refractivity contribution in [1.29, 1.82) is 0 Å². The zero-order valence-electron chi connectivity index (χ0n) is 13.8. The van der Waals surface area contributed by atoms with E-state index in [9.17, 15) is 0 Å². The molecule has 1 fully saturated rings. The molecule has 0 radical (unpaired) electrons. The molecule has 1 aliphatic heterocycles. The number of hydrogen-bond donors (Lipinski definition) is 0. The summed E-state index contributed by atoms with van der Waals surface area (Å²) in [7, 11) is 0. The first-order valence-electron chi connectivity index (χ1n) is 8.06. The number of hydrogen-bond acceptors (Lipinski definition) is 6. The van der Waals surface area contributed by atoms with E-state index in [2.05, 4.69) is 47.3 Å². The topological polar surface area (TPSA) is 33.4 Å². The van der Waals surface area contributed by atoms with Gasteiger partial charge < -0.3 is 0 Å². The Labute approximate surface area is 154 Å². The third-order valence-corrected chi connectivity index (χ3v) is 7.22. The molecule has 126 valence electrons. The van der Waals surface area contributed by atoms with E-state index in [1.165, 1.54) is 22.7 Å². The fourth-order valence-corrected chi connectivity index (χ4v) is 5.10. The largest absolute Gasteiger partial charge is 0.251 e. The molecule has 7 heteroatoms. The number of piperidine rings is 1. The van der Waals surface area contributed by atoms with Crippen LogP contribution in [0.15, 0.2) is 35.4 Å². The van der Waals surface area contributed by atoms with Crippen molar-refractivity contribution in [3.8, 4) is 11.3 Å². The molecule has 0 N–H and O–H groups in total. The van der Waals surface area contributed by atoms with E-state index in [1.807, 2.05) is 16.5 Å². The maximum absolute atomic E-state index is 4.81. The Morgan fingerprint density at radius 3 is 2.50 bits per heavy atom. The lowest BCUT2D eigenvalue weighted by molar-refractivity contribution is 0.345. The predicted octanol–water partition coefficient (Wildman–Crippen LogP) is 4.64. The smallest absolute Gasteiger partial charge is 0.212 e. The van der Waals surface area contributed by atoms with Crippen molar-refractivity contribution in [3.63, 3.8) is 0 Å². The number of aromatic nitrogens is 3. The standard InChI is InChI=1S/C17H20N4S3/c1-22-14-5-3-12(4-6-14)15-11-21-17(18-15)24-16(19-21)13-7-9-20(23-2)10-8-13/h3-6,11,13H,7-10H2,1-2H3. The second-order valence-electron chi connectivity index (χ2n) is 5.91. The first-order chi connectivity index (χ1) is 11.8. The summed E-state index contributed by atoms with van der Waals surface area (Å²) < 4.78 is 4.39. The van der Waals surface area contributed by atoms with Crippen LogP contribution in [0.25, 0.3) is 16.2 Å². The first kappa shape index (κ1) is 16.4. The minimum Gasteiger partial charge on any atom is -0.251 e. The highest BCUT2D eigenvalue weighted by atomic mass is 32.2. The summed E-state index contributed by atoms with van der Waals surface area (Å²) in [4.78, 5) is 7.06. The van der Waals surface area contributed by atoms with Gasteiger partial charge in [-0.1, -0.05) is 35.4 Å². The summed E-state index contributed by atoms with van der Waals surface area (Å²) in [5.74, 6) is 0.587. The van der Waals surface area contributed by atoms with Crippen LogP contribution >= 0.6 is 35.0 Å². The van der Waals surface area contributed by atoms with Crippen LogP contribution in [0, 0.1) is 0 Å². The van der Waals surface area contributed by atoms with Crippen molar-refractivity contribution in [2.75, 3.05) is 25.6 Å². The maximum atomic E-state index is 4.81. The molecule has 1 saturated heterocycles. The lowest BCUT2D eigenvalue weighted by Crippen LogP contribution is -2.27. The van der Waals surface area contributed by atoms with E-state index in [1.54, 1.807) is 23.1 Å². The lowest BCUT2D eigenvalue weighted by atomic mass is 9.99. The molecule has 24 heavy (non-hydrogen) atoms. The number of rotatable bonds is 4. The van der Waals surface area contributed by atoms with Gasteiger partial charge in [0.25, 0.3) is 0 Å². The van der Waals surface area contributed by atoms with Gasteiger partial charge in [0.1, 0.15) is 5.01 Å². The highest BCUT2D eigenvalue weighted by Gasteiger charge is 2.23. The van der Waals surface area contributed by atoms with Gasteiger partial charge in [0.15, 0.2) is 0 Å². The summed E-state index contributed by atoms with van der Waals surface area (Å²) in [6.45, 7) is 2.31. The van der Waals surface area contributed by atoms with Crippen LogP contribution < -0.4 is 0 Å². The Kier molecular flexibility index (Phi) is 4.85. The van der Waals surface area contributed by atoms with Crippen molar-refractivity contribution in [1.82, 2.24) is 18.9 Å². The molecule has 1 aromatic carbocycles. The molecule has 3 aromatic rings. The van der Waals surface area contributed by atoms with Gasteiger partial charge in [0.2, 0.25) is 4.96 Å². The van der Waals surface area contributed by atoms with Crippen molar-refractivity contribution in [2.45, 2.75) is 23.7 Å². The predicted molar refractivity (Wildman–Crippen MR) is 105 cm³/mol. The van der Waals surface area contributed by atoms with E-state index in [0.29, 0.717) is 5.92 Å². The molecule has 0 amide bonds. The first-order valence-corrected chi connectivity index (χ1v) is 11.3. The average molecular weight is 377 g/mol. The Bertz CT molecular complexity index is 785. The highest BCUT2D eigenvalue weighted by molar-refractivity contribution is 7.98. The summed E-state index contributed by atoms with van der Waals surface area (Å²) in [6.07, 6.45) is 8.70. The van der Waals surface area contributed by atoms with E-state index in [-0.39, 0.29) is 0 Å². The van der Waals surface area contributed by atoms with E-state index < -0.39 is 0 Å². The molecular formula is C17H20N4S3. The SMILES string of the molecule is CSc1ccc(-c2cn3nc(C4CCN(SC)CC4)sc3n2)cc1. The zero-order chi connectivity index (χ0) is 16.5. The summed E-state index contributed by atoms with van der Waals surface area (Å²) in [5.41, 5.74) is 2.16. The van der Waals surface area contributed by atoms with Crippen LogP contribution in [0.4, 0.5) is 0 Å². The molecular weight excluding hydrogens is 356 g/mol. The van der Waals surface area contributed by atoms with Gasteiger partial charge in [-0.15, -0.1) is 11.8 Å². The number of benzene rings is 1. The summed E-state index contributed by atoms with van der Waals surface area (Å²) >= 11 is 5.35. The van der Waals surface area contributed by atoms with Crippen molar-refractivity contribution < 1.29 is 0 Å². The number of imidazole rings is 1. The van der Waals surface area contributed by atoms with Crippen molar-refractivity contribution in [3.05, 3.63) is 35.5 Å². The third kappa shape index (κ3) is 3.22. The molecule has 4 rings (SSSR count). The van der Waals surface area contributed by atoms with Crippen LogP contribution in [0.5, 0.6) is 0 Å². The number of thioether (sulfide) groups is 1. The normalized spacial score (nSPS) is 16.9. The molecule has 1 aliphatic rings. The molecule has 0 aliphatic carbocycles. The minimum atomic E-state index is 0.587. The van der Waals surface area contributed by atoms with Crippen LogP contribution in [0.2, 0.25) is 0 Å². The van der Waals surface area contributed by atoms with Crippen LogP contribution in [-0.2, 0) is 0 Å². The van der Waals surface area contributed by atoms with Gasteiger partial charge in [-0.25, -0.2) is 9.50 Å². The van der Waals surface area contributed by atoms with Gasteiger partial charge in [-0.2, -0.15) is 5.10 Å². The van der Waals surface area contributed by atoms with E-state index in [0.717, 1.165) is 29.3 Å². The maximum Gasteiger partial charge on any atom is 0.212 e. The third-order valence-electron chi connectivity index (χ3n) is 4.51. The molecule has 0 spiro atoms. The van der Waals surface area contributed by atoms with E-state index >= 15 is 0 Å². The molecule has 0 atom stereocenters. The molecule has 4 nitrogen and oxygen atoms in total. The van der Waals surface area contributed by atoms with Gasteiger partial charge in [-0.05, 0) is 37.5 Å². The van der Waals surface area contributed by atoms with Gasteiger partial charge in [0, 0.05) is 29.5 Å². The quantitative estimate of drug-likeness (QED) is 0.489. The van der Waals surface area contributed by atoms with Gasteiger partial charge in [0.05, 0.1) is 11.9 Å². The molecule has 0 bridgehead atoms.